The first-order chi connectivity index (χ1) is 30.0. The summed E-state index contributed by atoms with van der Waals surface area (Å²) in [4.78, 5) is 37.9. The van der Waals surface area contributed by atoms with Gasteiger partial charge in [-0.05, 0) is 83.5 Å². The molecule has 1 unspecified atom stereocenters. The molecule has 6 nitrogen and oxygen atoms in total. The number of allylic oxidation sites excluding steroid dienone is 14. The lowest BCUT2D eigenvalue weighted by Gasteiger charge is -2.18. The number of unbranched alkanes of at least 4 members (excludes halogenated alkanes) is 23. The summed E-state index contributed by atoms with van der Waals surface area (Å²) in [5.74, 6) is -0.943. The Labute approximate surface area is 375 Å². The number of hydrogen-bond acceptors (Lipinski definition) is 6. The fraction of sp³-hybridized carbons (Fsp3) is 0.691. The Morgan fingerprint density at radius 3 is 1.03 bits per heavy atom. The van der Waals surface area contributed by atoms with Gasteiger partial charge in [-0.2, -0.15) is 0 Å². The molecule has 0 saturated heterocycles. The van der Waals surface area contributed by atoms with Crippen molar-refractivity contribution in [1.29, 1.82) is 0 Å². The summed E-state index contributed by atoms with van der Waals surface area (Å²) in [6.07, 6.45) is 62.8. The first-order valence-corrected chi connectivity index (χ1v) is 25.2. The molecule has 0 amide bonds. The van der Waals surface area contributed by atoms with Crippen molar-refractivity contribution in [3.63, 3.8) is 0 Å². The predicted molar refractivity (Wildman–Crippen MR) is 261 cm³/mol. The zero-order valence-corrected chi connectivity index (χ0v) is 39.7. The Morgan fingerprint density at radius 2 is 0.656 bits per heavy atom. The van der Waals surface area contributed by atoms with Crippen LogP contribution in [0.25, 0.3) is 0 Å². The minimum absolute atomic E-state index is 0.0947. The molecule has 6 heteroatoms. The molecule has 0 radical (unpaired) electrons. The molecule has 0 rings (SSSR count). The van der Waals surface area contributed by atoms with Gasteiger partial charge in [-0.1, -0.05) is 209 Å². The van der Waals surface area contributed by atoms with Crippen molar-refractivity contribution >= 4 is 17.9 Å². The summed E-state index contributed by atoms with van der Waals surface area (Å²) >= 11 is 0. The third-order valence-corrected chi connectivity index (χ3v) is 10.5. The Morgan fingerprint density at radius 1 is 0.344 bits per heavy atom. The molecule has 0 heterocycles. The van der Waals surface area contributed by atoms with E-state index in [4.69, 9.17) is 14.2 Å². The largest absolute Gasteiger partial charge is 0.462 e. The van der Waals surface area contributed by atoms with Crippen LogP contribution in [0, 0.1) is 0 Å². The van der Waals surface area contributed by atoms with E-state index in [-0.39, 0.29) is 31.1 Å². The quantitative estimate of drug-likeness (QED) is 0.0200. The van der Waals surface area contributed by atoms with Crippen LogP contribution < -0.4 is 0 Å². The van der Waals surface area contributed by atoms with Gasteiger partial charge in [0.05, 0.1) is 0 Å². The number of esters is 3. The zero-order chi connectivity index (χ0) is 44.4. The minimum atomic E-state index is -0.797. The van der Waals surface area contributed by atoms with Crippen LogP contribution in [0.1, 0.15) is 226 Å². The molecule has 0 bridgehead atoms. The van der Waals surface area contributed by atoms with E-state index in [1.54, 1.807) is 0 Å². The van der Waals surface area contributed by atoms with Gasteiger partial charge in [-0.3, -0.25) is 14.4 Å². The van der Waals surface area contributed by atoms with Gasteiger partial charge >= 0.3 is 17.9 Å². The second-order valence-electron chi connectivity index (χ2n) is 16.4. The molecular weight excluding hydrogens is 757 g/mol. The van der Waals surface area contributed by atoms with Crippen molar-refractivity contribution in [1.82, 2.24) is 0 Å². The van der Waals surface area contributed by atoms with Crippen LogP contribution in [-0.4, -0.2) is 37.2 Å². The third-order valence-electron chi connectivity index (χ3n) is 10.5. The molecule has 0 spiro atoms. The van der Waals surface area contributed by atoms with E-state index >= 15 is 0 Å². The number of carbonyl (C=O) groups excluding carboxylic acids is 3. The highest BCUT2D eigenvalue weighted by molar-refractivity contribution is 5.71. The lowest BCUT2D eigenvalue weighted by atomic mass is 10.1. The fourth-order valence-electron chi connectivity index (χ4n) is 6.73. The van der Waals surface area contributed by atoms with E-state index in [1.165, 1.54) is 77.0 Å². The predicted octanol–water partition coefficient (Wildman–Crippen LogP) is 16.4. The van der Waals surface area contributed by atoms with Crippen LogP contribution in [0.3, 0.4) is 0 Å². The van der Waals surface area contributed by atoms with E-state index in [0.717, 1.165) is 109 Å². The van der Waals surface area contributed by atoms with E-state index in [0.29, 0.717) is 19.3 Å². The smallest absolute Gasteiger partial charge is 0.306 e. The second kappa shape index (κ2) is 49.2. The molecule has 0 aromatic carbocycles. The van der Waals surface area contributed by atoms with Crippen LogP contribution in [-0.2, 0) is 28.6 Å². The fourth-order valence-corrected chi connectivity index (χ4v) is 6.73. The summed E-state index contributed by atoms with van der Waals surface area (Å²) in [6.45, 7) is 6.32. The highest BCUT2D eigenvalue weighted by Crippen LogP contribution is 2.14. The molecule has 0 aliphatic carbocycles. The SMILES string of the molecule is CC\C=C/C=C\C=C/CCCCCCCC(=O)OCC(COC(=O)CCCCCCCCC/C=C\CCCCCCCC)OC(=O)CCCCCCC\C=C/C=C\C=C/CC. The molecule has 61 heavy (non-hydrogen) atoms. The number of rotatable bonds is 44. The maximum absolute atomic E-state index is 12.8. The van der Waals surface area contributed by atoms with Gasteiger partial charge < -0.3 is 14.2 Å². The summed E-state index contributed by atoms with van der Waals surface area (Å²) in [7, 11) is 0. The number of ether oxygens (including phenoxy) is 3. The van der Waals surface area contributed by atoms with Gasteiger partial charge in [0.2, 0.25) is 0 Å². The van der Waals surface area contributed by atoms with E-state index in [9.17, 15) is 14.4 Å². The molecule has 0 aliphatic heterocycles. The van der Waals surface area contributed by atoms with Crippen LogP contribution in [0.15, 0.2) is 85.1 Å². The van der Waals surface area contributed by atoms with Gasteiger partial charge in [0, 0.05) is 19.3 Å². The Balaban J connectivity index is 4.42. The van der Waals surface area contributed by atoms with Gasteiger partial charge in [0.1, 0.15) is 13.2 Å². The van der Waals surface area contributed by atoms with Crippen LogP contribution in [0.5, 0.6) is 0 Å². The highest BCUT2D eigenvalue weighted by atomic mass is 16.6. The average Bonchev–Trinajstić information content (AvgIpc) is 3.26. The lowest BCUT2D eigenvalue weighted by Crippen LogP contribution is -2.30. The molecular formula is C55H92O6. The molecule has 348 valence electrons. The summed E-state index contributed by atoms with van der Waals surface area (Å²) < 4.78 is 16.7. The molecule has 0 fully saturated rings. The topological polar surface area (TPSA) is 78.9 Å². The molecule has 0 N–H and O–H groups in total. The lowest BCUT2D eigenvalue weighted by molar-refractivity contribution is -0.167. The molecule has 0 saturated carbocycles. The first-order valence-electron chi connectivity index (χ1n) is 25.2. The number of hydrogen-bond donors (Lipinski definition) is 0. The first kappa shape index (κ1) is 57.6. The van der Waals surface area contributed by atoms with Crippen molar-refractivity contribution in [2.75, 3.05) is 13.2 Å². The van der Waals surface area contributed by atoms with Crippen LogP contribution in [0.2, 0.25) is 0 Å². The maximum Gasteiger partial charge on any atom is 0.306 e. The van der Waals surface area contributed by atoms with Crippen molar-refractivity contribution in [3.8, 4) is 0 Å². The molecule has 1 atom stereocenters. The monoisotopic (exact) mass is 849 g/mol. The Hall–Kier alpha value is -3.41. The van der Waals surface area contributed by atoms with Gasteiger partial charge in [-0.25, -0.2) is 0 Å². The van der Waals surface area contributed by atoms with Gasteiger partial charge in [-0.15, -0.1) is 0 Å². The second-order valence-corrected chi connectivity index (χ2v) is 16.4. The Bertz CT molecular complexity index is 1200. The average molecular weight is 849 g/mol. The normalized spacial score (nSPS) is 12.8. The van der Waals surface area contributed by atoms with E-state index < -0.39 is 6.10 Å². The van der Waals surface area contributed by atoms with Crippen LogP contribution >= 0.6 is 0 Å². The van der Waals surface area contributed by atoms with Crippen LogP contribution in [0.4, 0.5) is 0 Å². The third kappa shape index (κ3) is 47.5. The van der Waals surface area contributed by atoms with Gasteiger partial charge in [0.15, 0.2) is 6.10 Å². The molecule has 0 aromatic heterocycles. The molecule has 0 aromatic rings. The summed E-state index contributed by atoms with van der Waals surface area (Å²) in [5.41, 5.74) is 0. The maximum atomic E-state index is 12.8. The van der Waals surface area contributed by atoms with Crippen molar-refractivity contribution in [3.05, 3.63) is 85.1 Å². The number of carbonyl (C=O) groups is 3. The van der Waals surface area contributed by atoms with E-state index in [2.05, 4.69) is 106 Å². The zero-order valence-electron chi connectivity index (χ0n) is 39.7. The standard InChI is InChI=1S/C55H92O6/c1-4-7-10-13-16-19-22-25-26-27-28-31-33-36-39-42-45-48-54(57)60-51-52(61-55(58)49-46-43-40-37-34-30-24-21-18-15-12-9-6-3)50-59-53(56)47-44-41-38-35-32-29-23-20-17-14-11-8-5-2/h8-9,11-12,14-15,17-18,20-21,23-26,52H,4-7,10,13,16,19,22,27-51H2,1-3H3/b11-8-,12-9-,17-14-,18-15-,23-20-,24-21-,26-25-. The van der Waals surface area contributed by atoms with Crippen molar-refractivity contribution < 1.29 is 28.6 Å². The Kier molecular flexibility index (Phi) is 46.5. The highest BCUT2D eigenvalue weighted by Gasteiger charge is 2.19. The minimum Gasteiger partial charge on any atom is -0.462 e. The van der Waals surface area contributed by atoms with E-state index in [1.807, 2.05) is 0 Å². The summed E-state index contributed by atoms with van der Waals surface area (Å²) in [5, 5.41) is 0. The van der Waals surface area contributed by atoms with Crippen molar-refractivity contribution in [2.45, 2.75) is 232 Å². The molecule has 0 aliphatic rings. The summed E-state index contributed by atoms with van der Waals surface area (Å²) in [6, 6.07) is 0. The van der Waals surface area contributed by atoms with Gasteiger partial charge in [0.25, 0.3) is 0 Å². The van der Waals surface area contributed by atoms with Crippen molar-refractivity contribution in [2.24, 2.45) is 0 Å².